The Morgan fingerprint density at radius 2 is 2.50 bits per heavy atom. The van der Waals surface area contributed by atoms with Crippen LogP contribution in [0.2, 0.25) is 0 Å². The number of nitrogens with zero attached hydrogens (tertiary/aromatic N) is 1. The highest BCUT2D eigenvalue weighted by atomic mass is 32.1. The van der Waals surface area contributed by atoms with Crippen LogP contribution in [-0.2, 0) is 0 Å². The number of hydrogen-bond donors (Lipinski definition) is 0. The van der Waals surface area contributed by atoms with Gasteiger partial charge in [0.25, 0.3) is 0 Å². The highest BCUT2D eigenvalue weighted by molar-refractivity contribution is 7.07. The molecule has 0 radical (unpaired) electrons. The molecule has 0 bridgehead atoms. The van der Waals surface area contributed by atoms with E-state index >= 15 is 0 Å². The Hall–Kier alpha value is -0.890. The molecule has 1 aromatic rings. The first kappa shape index (κ1) is 7.22. The van der Waals surface area contributed by atoms with E-state index in [0.29, 0.717) is 0 Å². The molecule has 1 nitrogen and oxygen atoms in total. The summed E-state index contributed by atoms with van der Waals surface area (Å²) in [6, 6.07) is 0. The van der Waals surface area contributed by atoms with Gasteiger partial charge in [0, 0.05) is 0 Å². The number of allylic oxidation sites excluding steroid dienone is 1. The van der Waals surface area contributed by atoms with Crippen molar-refractivity contribution in [2.75, 3.05) is 0 Å². The highest BCUT2D eigenvalue weighted by Gasteiger charge is 1.83. The van der Waals surface area contributed by atoms with E-state index < -0.39 is 0 Å². The van der Waals surface area contributed by atoms with E-state index in [1.807, 2.05) is 13.0 Å². The van der Waals surface area contributed by atoms with Crippen molar-refractivity contribution in [1.29, 1.82) is 0 Å². The standard InChI is InChI=1S/C8H9NS/c1-6(2)4-8-7(3)9-5-10-8/h4-5H,1,3H2,2H3/b8-4+. The van der Waals surface area contributed by atoms with Crippen molar-refractivity contribution < 1.29 is 0 Å². The molecule has 0 aliphatic carbocycles. The summed E-state index contributed by atoms with van der Waals surface area (Å²) in [5, 5.41) is 0.841. The SMILES string of the molecule is C=C(C)/C=c1/scnc1=C. The molecule has 1 aromatic heterocycles. The van der Waals surface area contributed by atoms with Crippen LogP contribution in [0.15, 0.2) is 17.7 Å². The molecule has 0 atom stereocenters. The zero-order chi connectivity index (χ0) is 7.56. The predicted octanol–water partition coefficient (Wildman–Crippen LogP) is 0.910. The minimum Gasteiger partial charge on any atom is -0.245 e. The molecule has 1 heterocycles. The van der Waals surface area contributed by atoms with Crippen molar-refractivity contribution in [3.63, 3.8) is 0 Å². The van der Waals surface area contributed by atoms with Crippen molar-refractivity contribution in [1.82, 2.24) is 4.98 Å². The molecule has 0 aliphatic heterocycles. The van der Waals surface area contributed by atoms with Crippen LogP contribution < -0.4 is 9.88 Å². The molecular formula is C8H9NS. The van der Waals surface area contributed by atoms with Crippen molar-refractivity contribution in [2.24, 2.45) is 0 Å². The van der Waals surface area contributed by atoms with E-state index in [-0.39, 0.29) is 0 Å². The molecule has 0 aliphatic rings. The maximum atomic E-state index is 4.00. The molecule has 0 amide bonds. The largest absolute Gasteiger partial charge is 0.245 e. The van der Waals surface area contributed by atoms with Crippen LogP contribution in [0, 0.1) is 0 Å². The average Bonchev–Trinajstić information content (AvgIpc) is 2.15. The summed E-state index contributed by atoms with van der Waals surface area (Å²) in [6.07, 6.45) is 1.99. The van der Waals surface area contributed by atoms with E-state index in [4.69, 9.17) is 0 Å². The van der Waals surface area contributed by atoms with Gasteiger partial charge in [-0.2, -0.15) is 0 Å². The Bertz CT molecular complexity index is 334. The smallest absolute Gasteiger partial charge is 0.0805 e. The van der Waals surface area contributed by atoms with Gasteiger partial charge in [0.1, 0.15) is 0 Å². The van der Waals surface area contributed by atoms with Crippen LogP contribution in [0.1, 0.15) is 6.92 Å². The van der Waals surface area contributed by atoms with Crippen molar-refractivity contribution in [2.45, 2.75) is 6.92 Å². The fourth-order valence-electron chi connectivity index (χ4n) is 0.620. The Morgan fingerprint density at radius 1 is 1.80 bits per heavy atom. The lowest BCUT2D eigenvalue weighted by Gasteiger charge is -1.79. The van der Waals surface area contributed by atoms with Gasteiger partial charge in [-0.05, 0) is 13.0 Å². The van der Waals surface area contributed by atoms with Crippen LogP contribution in [0.4, 0.5) is 0 Å². The van der Waals surface area contributed by atoms with E-state index in [1.165, 1.54) is 0 Å². The molecule has 0 saturated carbocycles. The van der Waals surface area contributed by atoms with E-state index in [0.717, 1.165) is 15.5 Å². The van der Waals surface area contributed by atoms with Crippen LogP contribution in [0.25, 0.3) is 12.7 Å². The van der Waals surface area contributed by atoms with Crippen LogP contribution in [0.3, 0.4) is 0 Å². The maximum absolute atomic E-state index is 4.00. The summed E-state index contributed by atoms with van der Waals surface area (Å²) < 4.78 is 1.10. The minimum atomic E-state index is 0.841. The normalized spacial score (nSPS) is 11.9. The quantitative estimate of drug-likeness (QED) is 0.581. The first-order chi connectivity index (χ1) is 4.70. The van der Waals surface area contributed by atoms with Gasteiger partial charge in [0.2, 0.25) is 0 Å². The second-order valence-corrected chi connectivity index (χ2v) is 3.04. The molecule has 1 rings (SSSR count). The topological polar surface area (TPSA) is 12.9 Å². The molecule has 0 unspecified atom stereocenters. The van der Waals surface area contributed by atoms with Crippen LogP contribution in [0.5, 0.6) is 0 Å². The van der Waals surface area contributed by atoms with Crippen molar-refractivity contribution >= 4 is 24.0 Å². The molecule has 0 saturated heterocycles. The second kappa shape index (κ2) is 2.80. The Kier molecular flexibility index (Phi) is 2.02. The molecule has 2 heteroatoms. The molecule has 0 spiro atoms. The van der Waals surface area contributed by atoms with Gasteiger partial charge < -0.3 is 0 Å². The second-order valence-electron chi connectivity index (χ2n) is 2.15. The first-order valence-corrected chi connectivity index (χ1v) is 3.84. The zero-order valence-electron chi connectivity index (χ0n) is 5.92. The lowest BCUT2D eigenvalue weighted by atomic mass is 10.3. The van der Waals surface area contributed by atoms with Crippen molar-refractivity contribution in [3.05, 3.63) is 27.5 Å². The maximum Gasteiger partial charge on any atom is 0.0805 e. The Morgan fingerprint density at radius 3 is 2.90 bits per heavy atom. The number of thiazole rings is 1. The lowest BCUT2D eigenvalue weighted by molar-refractivity contribution is 1.33. The van der Waals surface area contributed by atoms with Gasteiger partial charge in [-0.3, -0.25) is 0 Å². The van der Waals surface area contributed by atoms with Gasteiger partial charge in [-0.25, -0.2) is 4.98 Å². The molecule has 52 valence electrons. The van der Waals surface area contributed by atoms with E-state index in [2.05, 4.69) is 18.1 Å². The van der Waals surface area contributed by atoms with Crippen LogP contribution in [-0.4, -0.2) is 4.98 Å². The summed E-state index contributed by atoms with van der Waals surface area (Å²) >= 11 is 1.59. The fourth-order valence-corrected chi connectivity index (χ4v) is 1.37. The van der Waals surface area contributed by atoms with Crippen LogP contribution >= 0.6 is 11.3 Å². The first-order valence-electron chi connectivity index (χ1n) is 2.96. The number of rotatable bonds is 1. The minimum absolute atomic E-state index is 0.841. The summed E-state index contributed by atoms with van der Waals surface area (Å²) in [4.78, 5) is 4.00. The third-order valence-corrected chi connectivity index (χ3v) is 1.87. The Balaban J connectivity index is 3.29. The third-order valence-electron chi connectivity index (χ3n) is 1.05. The fraction of sp³-hybridized carbons (Fsp3) is 0.125. The van der Waals surface area contributed by atoms with Gasteiger partial charge in [0.15, 0.2) is 0 Å². The average molecular weight is 151 g/mol. The monoisotopic (exact) mass is 151 g/mol. The number of hydrogen-bond acceptors (Lipinski definition) is 2. The lowest BCUT2D eigenvalue weighted by Crippen LogP contribution is -2.18. The summed E-state index contributed by atoms with van der Waals surface area (Å²) in [6.45, 7) is 9.48. The molecule has 0 aromatic carbocycles. The predicted molar refractivity (Wildman–Crippen MR) is 46.2 cm³/mol. The van der Waals surface area contributed by atoms with Gasteiger partial charge >= 0.3 is 0 Å². The molecule has 0 N–H and O–H groups in total. The van der Waals surface area contributed by atoms with Gasteiger partial charge in [-0.1, -0.05) is 18.7 Å². The van der Waals surface area contributed by atoms with Crippen molar-refractivity contribution in [3.8, 4) is 0 Å². The summed E-state index contributed by atoms with van der Waals surface area (Å²) in [5.74, 6) is 0. The highest BCUT2D eigenvalue weighted by Crippen LogP contribution is 1.87. The molecular weight excluding hydrogens is 142 g/mol. The Labute approximate surface area is 64.0 Å². The van der Waals surface area contributed by atoms with Gasteiger partial charge in [-0.15, -0.1) is 11.3 Å². The van der Waals surface area contributed by atoms with Gasteiger partial charge in [0.05, 0.1) is 15.4 Å². The molecule has 0 fully saturated rings. The zero-order valence-corrected chi connectivity index (χ0v) is 6.74. The summed E-state index contributed by atoms with van der Waals surface area (Å²) in [7, 11) is 0. The van der Waals surface area contributed by atoms with E-state index in [9.17, 15) is 0 Å². The number of aromatic nitrogens is 1. The molecule has 10 heavy (non-hydrogen) atoms. The summed E-state index contributed by atoms with van der Waals surface area (Å²) in [5.41, 5.74) is 2.83. The third kappa shape index (κ3) is 1.54. The van der Waals surface area contributed by atoms with E-state index in [1.54, 1.807) is 16.8 Å².